The van der Waals surface area contributed by atoms with Crippen molar-refractivity contribution >= 4 is 28.5 Å². The Morgan fingerprint density at radius 1 is 0.750 bits per heavy atom. The lowest BCUT2D eigenvalue weighted by molar-refractivity contribution is 0.0926. The zero-order valence-electron chi connectivity index (χ0n) is 15.2. The molecule has 5 rings (SSSR count). The van der Waals surface area contributed by atoms with Crippen LogP contribution < -0.4 is 4.90 Å². The van der Waals surface area contributed by atoms with E-state index in [0.29, 0.717) is 27.8 Å². The second kappa shape index (κ2) is 6.13. The van der Waals surface area contributed by atoms with Crippen LogP contribution in [0.5, 0.6) is 0 Å². The summed E-state index contributed by atoms with van der Waals surface area (Å²) in [6, 6.07) is 20.1. The minimum absolute atomic E-state index is 0.317. The Balaban J connectivity index is 1.54. The van der Waals surface area contributed by atoms with E-state index in [2.05, 4.69) is 17.1 Å². The number of hydrogen-bond donors (Lipinski definition) is 0. The van der Waals surface area contributed by atoms with Crippen LogP contribution in [0.1, 0.15) is 33.2 Å². The number of fused-ring (bicyclic) bond motifs is 2. The van der Waals surface area contributed by atoms with E-state index in [9.17, 15) is 9.59 Å². The summed E-state index contributed by atoms with van der Waals surface area (Å²) in [6.07, 6.45) is 0.971. The molecule has 2 amide bonds. The minimum atomic E-state index is -0.317. The molecule has 0 saturated carbocycles. The molecule has 0 fully saturated rings. The Labute approximate surface area is 161 Å². The van der Waals surface area contributed by atoms with Crippen molar-refractivity contribution in [3.63, 3.8) is 0 Å². The Morgan fingerprint density at radius 2 is 1.36 bits per heavy atom. The fourth-order valence-corrected chi connectivity index (χ4v) is 3.45. The van der Waals surface area contributed by atoms with Crippen molar-refractivity contribution in [1.29, 1.82) is 0 Å². The second-order valence-electron chi connectivity index (χ2n) is 6.67. The first-order valence-electron chi connectivity index (χ1n) is 9.10. The van der Waals surface area contributed by atoms with Crippen molar-refractivity contribution in [1.82, 2.24) is 15.0 Å². The van der Waals surface area contributed by atoms with Gasteiger partial charge in [-0.05, 0) is 54.4 Å². The Kier molecular flexibility index (Phi) is 3.58. The summed E-state index contributed by atoms with van der Waals surface area (Å²) in [5.74, 6) is -0.634. The van der Waals surface area contributed by atoms with Gasteiger partial charge in [0.15, 0.2) is 0 Å². The van der Waals surface area contributed by atoms with Crippen LogP contribution >= 0.6 is 0 Å². The number of aromatic nitrogens is 3. The molecule has 0 radical (unpaired) electrons. The summed E-state index contributed by atoms with van der Waals surface area (Å²) in [7, 11) is 0. The van der Waals surface area contributed by atoms with Gasteiger partial charge >= 0.3 is 0 Å². The number of amides is 2. The normalized spacial score (nSPS) is 13.4. The van der Waals surface area contributed by atoms with Crippen LogP contribution in [0.15, 0.2) is 66.7 Å². The minimum Gasteiger partial charge on any atom is -0.268 e. The van der Waals surface area contributed by atoms with Crippen LogP contribution in [0.4, 0.5) is 5.69 Å². The first kappa shape index (κ1) is 16.4. The lowest BCUT2D eigenvalue weighted by Gasteiger charge is -2.13. The number of nitrogens with zero attached hydrogens (tertiary/aromatic N) is 4. The summed E-state index contributed by atoms with van der Waals surface area (Å²) in [6.45, 7) is 2.11. The Morgan fingerprint density at radius 3 is 2.00 bits per heavy atom. The summed E-state index contributed by atoms with van der Waals surface area (Å²) >= 11 is 0. The van der Waals surface area contributed by atoms with Crippen LogP contribution in [-0.2, 0) is 6.42 Å². The average Bonchev–Trinajstić information content (AvgIpc) is 3.27. The van der Waals surface area contributed by atoms with Gasteiger partial charge < -0.3 is 0 Å². The lowest BCUT2D eigenvalue weighted by Crippen LogP contribution is -2.29. The van der Waals surface area contributed by atoms with E-state index in [1.54, 1.807) is 47.3 Å². The van der Waals surface area contributed by atoms with Crippen LogP contribution in [0.25, 0.3) is 16.7 Å². The number of carbonyl (C=O) groups is 2. The van der Waals surface area contributed by atoms with Gasteiger partial charge in [-0.25, -0.2) is 4.90 Å². The first-order chi connectivity index (χ1) is 13.7. The topological polar surface area (TPSA) is 68.1 Å². The zero-order valence-corrected chi connectivity index (χ0v) is 15.2. The third kappa shape index (κ3) is 2.42. The fraction of sp³-hybridized carbons (Fsp3) is 0.0909. The number of aryl methyl sites for hydroxylation is 1. The Bertz CT molecular complexity index is 1210. The molecule has 0 aliphatic carbocycles. The monoisotopic (exact) mass is 368 g/mol. The molecule has 2 heterocycles. The van der Waals surface area contributed by atoms with Gasteiger partial charge in [-0.1, -0.05) is 31.2 Å². The summed E-state index contributed by atoms with van der Waals surface area (Å²) < 4.78 is 0. The van der Waals surface area contributed by atoms with E-state index in [1.165, 1.54) is 10.5 Å². The predicted molar refractivity (Wildman–Crippen MR) is 106 cm³/mol. The van der Waals surface area contributed by atoms with Gasteiger partial charge in [0, 0.05) is 0 Å². The first-order valence-corrected chi connectivity index (χ1v) is 9.10. The van der Waals surface area contributed by atoms with Crippen molar-refractivity contribution in [2.24, 2.45) is 0 Å². The summed E-state index contributed by atoms with van der Waals surface area (Å²) in [5.41, 5.74) is 4.75. The molecule has 136 valence electrons. The smallest absolute Gasteiger partial charge is 0.266 e. The molecule has 4 aromatic rings. The Hall–Kier alpha value is -3.80. The SMILES string of the molecule is CCc1ccc(-n2nc3ccc(N4C(=O)c5ccccc5C4=O)cc3n2)cc1. The molecular weight excluding hydrogens is 352 g/mol. The molecule has 3 aromatic carbocycles. The van der Waals surface area contributed by atoms with Crippen molar-refractivity contribution in [3.8, 4) is 5.69 Å². The molecule has 6 nitrogen and oxygen atoms in total. The molecule has 6 heteroatoms. The van der Waals surface area contributed by atoms with Crippen LogP contribution in [-0.4, -0.2) is 26.8 Å². The molecule has 0 atom stereocenters. The molecule has 0 spiro atoms. The largest absolute Gasteiger partial charge is 0.268 e. The maximum Gasteiger partial charge on any atom is 0.266 e. The number of anilines is 1. The maximum absolute atomic E-state index is 12.7. The molecule has 28 heavy (non-hydrogen) atoms. The van der Waals surface area contributed by atoms with E-state index >= 15 is 0 Å². The number of benzene rings is 3. The molecule has 0 bridgehead atoms. The molecule has 0 N–H and O–H groups in total. The highest BCUT2D eigenvalue weighted by atomic mass is 16.2. The van der Waals surface area contributed by atoms with Gasteiger partial charge in [0.25, 0.3) is 11.8 Å². The van der Waals surface area contributed by atoms with Crippen molar-refractivity contribution < 1.29 is 9.59 Å². The standard InChI is InChI=1S/C22H16N4O2/c1-2-14-7-9-15(10-8-14)26-23-19-12-11-16(13-20(19)24-26)25-21(27)17-5-3-4-6-18(17)22(25)28/h3-13H,2H2,1H3. The maximum atomic E-state index is 12.7. The fourth-order valence-electron chi connectivity index (χ4n) is 3.45. The summed E-state index contributed by atoms with van der Waals surface area (Å²) in [5, 5.41) is 9.03. The second-order valence-corrected chi connectivity index (χ2v) is 6.67. The van der Waals surface area contributed by atoms with Gasteiger partial charge in [-0.15, -0.1) is 10.2 Å². The highest BCUT2D eigenvalue weighted by Gasteiger charge is 2.36. The summed E-state index contributed by atoms with van der Waals surface area (Å²) in [4.78, 5) is 28.1. The highest BCUT2D eigenvalue weighted by molar-refractivity contribution is 6.34. The lowest BCUT2D eigenvalue weighted by atomic mass is 10.1. The number of rotatable bonds is 3. The van der Waals surface area contributed by atoms with E-state index in [0.717, 1.165) is 12.1 Å². The van der Waals surface area contributed by atoms with Crippen molar-refractivity contribution in [2.45, 2.75) is 13.3 Å². The van der Waals surface area contributed by atoms with Crippen LogP contribution in [0.2, 0.25) is 0 Å². The predicted octanol–water partition coefficient (Wildman–Crippen LogP) is 3.78. The quantitative estimate of drug-likeness (QED) is 0.516. The van der Waals surface area contributed by atoms with Crippen molar-refractivity contribution in [3.05, 3.63) is 83.4 Å². The molecule has 0 unspecified atom stereocenters. The number of imide groups is 1. The van der Waals surface area contributed by atoms with E-state index in [1.807, 2.05) is 24.3 Å². The molecule has 1 aliphatic rings. The van der Waals surface area contributed by atoms with Crippen LogP contribution in [0, 0.1) is 0 Å². The molecule has 0 saturated heterocycles. The zero-order chi connectivity index (χ0) is 19.3. The number of hydrogen-bond acceptors (Lipinski definition) is 4. The van der Waals surface area contributed by atoms with Gasteiger partial charge in [0.2, 0.25) is 0 Å². The molecule has 1 aliphatic heterocycles. The van der Waals surface area contributed by atoms with E-state index in [4.69, 9.17) is 0 Å². The van der Waals surface area contributed by atoms with Crippen molar-refractivity contribution in [2.75, 3.05) is 4.90 Å². The third-order valence-corrected chi connectivity index (χ3v) is 4.99. The average molecular weight is 368 g/mol. The molecule has 1 aromatic heterocycles. The van der Waals surface area contributed by atoms with Gasteiger partial charge in [0.05, 0.1) is 22.5 Å². The van der Waals surface area contributed by atoms with E-state index < -0.39 is 0 Å². The third-order valence-electron chi connectivity index (χ3n) is 4.99. The van der Waals surface area contributed by atoms with Gasteiger partial charge in [-0.3, -0.25) is 9.59 Å². The van der Waals surface area contributed by atoms with E-state index in [-0.39, 0.29) is 11.8 Å². The highest BCUT2D eigenvalue weighted by Crippen LogP contribution is 2.29. The van der Waals surface area contributed by atoms with Crippen LogP contribution in [0.3, 0.4) is 0 Å². The van der Waals surface area contributed by atoms with Gasteiger partial charge in [-0.2, -0.15) is 4.80 Å². The molecular formula is C22H16N4O2. The van der Waals surface area contributed by atoms with Gasteiger partial charge in [0.1, 0.15) is 11.0 Å². The number of carbonyl (C=O) groups excluding carboxylic acids is 2.